The summed E-state index contributed by atoms with van der Waals surface area (Å²) < 4.78 is 100. The lowest BCUT2D eigenvalue weighted by molar-refractivity contribution is -0.530. The molecule has 19 heavy (non-hydrogen) atoms. The summed E-state index contributed by atoms with van der Waals surface area (Å²) in [6.45, 7) is -3.50. The van der Waals surface area contributed by atoms with Gasteiger partial charge in [0.15, 0.2) is 13.3 Å². The highest BCUT2D eigenvalue weighted by Crippen LogP contribution is 2.46. The van der Waals surface area contributed by atoms with Gasteiger partial charge < -0.3 is 0 Å². The van der Waals surface area contributed by atoms with Crippen LogP contribution in [0.5, 0.6) is 0 Å². The third kappa shape index (κ3) is 3.71. The van der Waals surface area contributed by atoms with Crippen LogP contribution in [0, 0.1) is 4.91 Å². The van der Waals surface area contributed by atoms with Crippen LogP contribution in [0.3, 0.4) is 0 Å². The SMILES string of the molecule is O=NCC(F)(F)OC1(F)OCOC1(F)OC(F)(F)F. The third-order valence-corrected chi connectivity index (χ3v) is 1.62. The zero-order valence-corrected chi connectivity index (χ0v) is 8.55. The van der Waals surface area contributed by atoms with E-state index in [1.807, 2.05) is 0 Å². The lowest BCUT2D eigenvalue weighted by Crippen LogP contribution is -2.54. The summed E-state index contributed by atoms with van der Waals surface area (Å²) in [5.41, 5.74) is 0. The number of rotatable bonds is 5. The van der Waals surface area contributed by atoms with Gasteiger partial charge in [-0.15, -0.1) is 13.2 Å². The van der Waals surface area contributed by atoms with Crippen LogP contribution < -0.4 is 0 Å². The van der Waals surface area contributed by atoms with Gasteiger partial charge >= 0.3 is 24.6 Å². The fourth-order valence-corrected chi connectivity index (χ4v) is 0.983. The van der Waals surface area contributed by atoms with Gasteiger partial charge in [0.1, 0.15) is 0 Å². The first-order chi connectivity index (χ1) is 8.43. The van der Waals surface area contributed by atoms with Gasteiger partial charge in [-0.05, 0) is 0 Å². The topological polar surface area (TPSA) is 66.4 Å². The Hall–Kier alpha value is -1.05. The van der Waals surface area contributed by atoms with Gasteiger partial charge in [-0.2, -0.15) is 22.5 Å². The maximum Gasteiger partial charge on any atom is 0.527 e. The van der Waals surface area contributed by atoms with E-state index in [2.05, 4.69) is 18.9 Å². The van der Waals surface area contributed by atoms with Gasteiger partial charge in [0.05, 0.1) is 0 Å². The molecule has 1 heterocycles. The molecule has 1 aliphatic rings. The maximum atomic E-state index is 13.5. The van der Waals surface area contributed by atoms with Crippen LogP contribution in [-0.2, 0) is 18.9 Å². The Morgan fingerprint density at radius 3 is 1.95 bits per heavy atom. The number of ether oxygens (including phenoxy) is 4. The second-order valence-corrected chi connectivity index (χ2v) is 3.05. The molecule has 0 bridgehead atoms. The Balaban J connectivity index is 2.92. The largest absolute Gasteiger partial charge is 0.527 e. The highest BCUT2D eigenvalue weighted by atomic mass is 19.4. The van der Waals surface area contributed by atoms with Crippen LogP contribution in [0.2, 0.25) is 0 Å². The molecule has 1 rings (SSSR count). The van der Waals surface area contributed by atoms with Gasteiger partial charge in [0.2, 0.25) is 0 Å². The van der Waals surface area contributed by atoms with Crippen molar-refractivity contribution in [2.45, 2.75) is 24.6 Å². The zero-order valence-electron chi connectivity index (χ0n) is 8.55. The van der Waals surface area contributed by atoms with E-state index < -0.39 is 37.9 Å². The Morgan fingerprint density at radius 2 is 1.53 bits per heavy atom. The first-order valence-electron chi connectivity index (χ1n) is 4.23. The quantitative estimate of drug-likeness (QED) is 0.575. The summed E-state index contributed by atoms with van der Waals surface area (Å²) in [6.07, 6.45) is -10.5. The molecule has 0 aromatic carbocycles. The van der Waals surface area contributed by atoms with E-state index in [0.717, 1.165) is 0 Å². The molecule has 0 aromatic heterocycles. The second-order valence-electron chi connectivity index (χ2n) is 3.05. The second kappa shape index (κ2) is 4.81. The molecular weight excluding hydrogens is 299 g/mol. The molecule has 0 aliphatic carbocycles. The lowest BCUT2D eigenvalue weighted by atomic mass is 10.5. The molecule has 0 N–H and O–H groups in total. The fraction of sp³-hybridized carbons (Fsp3) is 1.00. The zero-order chi connectivity index (χ0) is 14.9. The minimum Gasteiger partial charge on any atom is -0.290 e. The summed E-state index contributed by atoms with van der Waals surface area (Å²) in [7, 11) is 0. The van der Waals surface area contributed by atoms with E-state index in [1.54, 1.807) is 5.18 Å². The maximum absolute atomic E-state index is 13.5. The smallest absolute Gasteiger partial charge is 0.290 e. The number of hydrogen-bond acceptors (Lipinski definition) is 6. The average molecular weight is 303 g/mol. The highest BCUT2D eigenvalue weighted by Gasteiger charge is 2.71. The van der Waals surface area contributed by atoms with Crippen molar-refractivity contribution in [3.8, 4) is 0 Å². The monoisotopic (exact) mass is 303 g/mol. The van der Waals surface area contributed by atoms with Crippen LogP contribution in [0.4, 0.5) is 30.7 Å². The van der Waals surface area contributed by atoms with Crippen molar-refractivity contribution in [1.29, 1.82) is 0 Å². The van der Waals surface area contributed by atoms with E-state index in [0.29, 0.717) is 0 Å². The number of halogens is 7. The van der Waals surface area contributed by atoms with Crippen LogP contribution in [0.15, 0.2) is 5.18 Å². The van der Waals surface area contributed by atoms with Gasteiger partial charge in [0, 0.05) is 0 Å². The molecule has 2 unspecified atom stereocenters. The van der Waals surface area contributed by atoms with Crippen molar-refractivity contribution in [2.75, 3.05) is 13.3 Å². The van der Waals surface area contributed by atoms with Crippen LogP contribution in [-0.4, -0.2) is 37.9 Å². The van der Waals surface area contributed by atoms with Crippen LogP contribution in [0.1, 0.15) is 0 Å². The number of hydrogen-bond donors (Lipinski definition) is 0. The minimum absolute atomic E-state index is 1.51. The summed E-state index contributed by atoms with van der Waals surface area (Å²) >= 11 is 0. The lowest BCUT2D eigenvalue weighted by Gasteiger charge is -2.30. The number of nitroso groups, excluding NO2 is 1. The molecule has 1 saturated heterocycles. The number of alkyl halides is 7. The molecule has 0 spiro atoms. The van der Waals surface area contributed by atoms with Gasteiger partial charge in [-0.3, -0.25) is 14.2 Å². The average Bonchev–Trinajstić information content (AvgIpc) is 2.37. The standard InChI is InChI=1S/C6H4F7NO5/c7-3(8,1-14-15)18-4(9)5(10,17-2-16-4)19-6(11,12)13/h1-2H2. The minimum atomic E-state index is -5.78. The predicted molar refractivity (Wildman–Crippen MR) is 38.5 cm³/mol. The molecule has 2 atom stereocenters. The molecule has 0 radical (unpaired) electrons. The van der Waals surface area contributed by atoms with Crippen molar-refractivity contribution >= 4 is 0 Å². The van der Waals surface area contributed by atoms with Crippen molar-refractivity contribution in [2.24, 2.45) is 5.18 Å². The molecule has 0 saturated carbocycles. The fourth-order valence-electron chi connectivity index (χ4n) is 0.983. The molecule has 0 aromatic rings. The normalized spacial score (nSPS) is 32.6. The first kappa shape index (κ1) is 16.0. The van der Waals surface area contributed by atoms with E-state index in [1.165, 1.54) is 0 Å². The number of nitrogens with zero attached hydrogens (tertiary/aromatic N) is 1. The van der Waals surface area contributed by atoms with Gasteiger partial charge in [-0.1, -0.05) is 5.18 Å². The van der Waals surface area contributed by atoms with E-state index in [-0.39, 0.29) is 0 Å². The van der Waals surface area contributed by atoms with Crippen LogP contribution in [0.25, 0.3) is 0 Å². The Kier molecular flexibility index (Phi) is 4.05. The predicted octanol–water partition coefficient (Wildman–Crippen LogP) is 2.15. The molecule has 1 fully saturated rings. The molecular formula is C6H4F7NO5. The molecule has 13 heteroatoms. The molecule has 1 aliphatic heterocycles. The van der Waals surface area contributed by atoms with Crippen molar-refractivity contribution in [3.63, 3.8) is 0 Å². The highest BCUT2D eigenvalue weighted by molar-refractivity contribution is 4.77. The molecule has 112 valence electrons. The summed E-state index contributed by atoms with van der Waals surface area (Å²) in [4.78, 5) is 9.58. The van der Waals surface area contributed by atoms with E-state index in [4.69, 9.17) is 0 Å². The Bertz CT molecular complexity index is 351. The van der Waals surface area contributed by atoms with Crippen molar-refractivity contribution in [3.05, 3.63) is 4.91 Å². The van der Waals surface area contributed by atoms with Crippen molar-refractivity contribution in [1.82, 2.24) is 0 Å². The Morgan fingerprint density at radius 1 is 1.05 bits per heavy atom. The summed E-state index contributed by atoms with van der Waals surface area (Å²) in [5.74, 6) is 0. The van der Waals surface area contributed by atoms with E-state index in [9.17, 15) is 35.6 Å². The third-order valence-electron chi connectivity index (χ3n) is 1.62. The van der Waals surface area contributed by atoms with E-state index >= 15 is 0 Å². The summed E-state index contributed by atoms with van der Waals surface area (Å²) in [6, 6.07) is -9.56. The summed E-state index contributed by atoms with van der Waals surface area (Å²) in [5, 5.41) is 1.63. The molecule has 0 amide bonds. The van der Waals surface area contributed by atoms with Gasteiger partial charge in [-0.25, -0.2) is 4.74 Å². The van der Waals surface area contributed by atoms with Crippen LogP contribution >= 0.6 is 0 Å². The Labute approximate surface area is 98.9 Å². The first-order valence-corrected chi connectivity index (χ1v) is 4.23. The van der Waals surface area contributed by atoms with Crippen molar-refractivity contribution < 1.29 is 49.7 Å². The van der Waals surface area contributed by atoms with Gasteiger partial charge in [0.25, 0.3) is 0 Å². The molecule has 6 nitrogen and oxygen atoms in total.